The fraction of sp³-hybridized carbons (Fsp3) is 0.429. The summed E-state index contributed by atoms with van der Waals surface area (Å²) in [5, 5.41) is 3.36. The van der Waals surface area contributed by atoms with Crippen LogP contribution in [0.15, 0.2) is 24.3 Å². The predicted molar refractivity (Wildman–Crippen MR) is 83.4 cm³/mol. The molecule has 1 amide bonds. The van der Waals surface area contributed by atoms with Crippen molar-refractivity contribution in [3.8, 4) is 5.75 Å². The van der Waals surface area contributed by atoms with Crippen molar-refractivity contribution in [2.45, 2.75) is 33.2 Å². The molecule has 0 aliphatic heterocycles. The number of carbonyl (C=O) groups is 1. The zero-order chi connectivity index (χ0) is 15.0. The highest BCUT2D eigenvalue weighted by Crippen LogP contribution is 2.12. The van der Waals surface area contributed by atoms with Crippen LogP contribution in [-0.2, 0) is 4.79 Å². The molecule has 0 spiro atoms. The number of amides is 1. The third kappa shape index (κ3) is 6.94. The van der Waals surface area contributed by atoms with Gasteiger partial charge < -0.3 is 10.1 Å². The van der Waals surface area contributed by atoms with Crippen LogP contribution in [0.2, 0.25) is 0 Å². The fourth-order valence-corrected chi connectivity index (χ4v) is 1.74. The van der Waals surface area contributed by atoms with Gasteiger partial charge in [0.1, 0.15) is 5.75 Å². The first-order valence-corrected chi connectivity index (χ1v) is 6.93. The van der Waals surface area contributed by atoms with Crippen molar-refractivity contribution in [2.24, 2.45) is 0 Å². The summed E-state index contributed by atoms with van der Waals surface area (Å²) in [4.78, 5) is 11.5. The van der Waals surface area contributed by atoms with Crippen LogP contribution >= 0.6 is 12.2 Å². The van der Waals surface area contributed by atoms with Gasteiger partial charge in [-0.2, -0.15) is 0 Å². The van der Waals surface area contributed by atoms with E-state index in [-0.39, 0.29) is 18.4 Å². The van der Waals surface area contributed by atoms with Crippen LogP contribution in [0.25, 0.3) is 0 Å². The first kappa shape index (κ1) is 16.2. The van der Waals surface area contributed by atoms with Crippen LogP contribution in [-0.4, -0.2) is 23.7 Å². The van der Waals surface area contributed by atoms with Crippen LogP contribution < -0.4 is 20.9 Å². The Morgan fingerprint density at radius 3 is 2.75 bits per heavy atom. The molecule has 0 aliphatic rings. The molecule has 20 heavy (non-hydrogen) atoms. The molecule has 0 saturated heterocycles. The minimum absolute atomic E-state index is 0.175. The lowest BCUT2D eigenvalue weighted by Crippen LogP contribution is -2.48. The van der Waals surface area contributed by atoms with Crippen LogP contribution in [0.1, 0.15) is 25.8 Å². The number of benzene rings is 1. The first-order valence-electron chi connectivity index (χ1n) is 6.52. The summed E-state index contributed by atoms with van der Waals surface area (Å²) in [5.41, 5.74) is 6.27. The second kappa shape index (κ2) is 8.37. The zero-order valence-electron chi connectivity index (χ0n) is 12.0. The summed E-state index contributed by atoms with van der Waals surface area (Å²) in [6.45, 7) is 6.24. The number of carbonyl (C=O) groups excluding carboxylic acids is 1. The molecule has 1 aromatic rings. The molecule has 0 aromatic heterocycles. The van der Waals surface area contributed by atoms with Gasteiger partial charge in [-0.05, 0) is 50.7 Å². The third-order valence-corrected chi connectivity index (χ3v) is 2.54. The number of rotatable bonds is 5. The Balaban J connectivity index is 2.19. The van der Waals surface area contributed by atoms with Gasteiger partial charge in [0.25, 0.3) is 0 Å². The molecule has 1 aromatic carbocycles. The average molecular weight is 295 g/mol. The fourth-order valence-electron chi connectivity index (χ4n) is 1.45. The molecular weight excluding hydrogens is 274 g/mol. The Labute approximate surface area is 125 Å². The minimum Gasteiger partial charge on any atom is -0.493 e. The minimum atomic E-state index is -0.175. The van der Waals surface area contributed by atoms with E-state index < -0.39 is 0 Å². The largest absolute Gasteiger partial charge is 0.493 e. The summed E-state index contributed by atoms with van der Waals surface area (Å²) < 4.78 is 5.49. The maximum atomic E-state index is 11.5. The lowest BCUT2D eigenvalue weighted by atomic mass is 10.2. The highest BCUT2D eigenvalue weighted by atomic mass is 32.1. The summed E-state index contributed by atoms with van der Waals surface area (Å²) in [6.07, 6.45) is 0.255. The van der Waals surface area contributed by atoms with Gasteiger partial charge in [0, 0.05) is 6.04 Å². The van der Waals surface area contributed by atoms with Crippen molar-refractivity contribution in [1.29, 1.82) is 0 Å². The molecule has 0 atom stereocenters. The third-order valence-electron chi connectivity index (χ3n) is 2.32. The maximum Gasteiger partial charge on any atom is 0.241 e. The van der Waals surface area contributed by atoms with E-state index in [2.05, 4.69) is 16.2 Å². The Bertz CT molecular complexity index is 463. The molecular formula is C14H21N3O2S. The molecule has 0 saturated carbocycles. The Kier molecular flexibility index (Phi) is 6.79. The van der Waals surface area contributed by atoms with Gasteiger partial charge in [-0.15, -0.1) is 0 Å². The first-order chi connectivity index (χ1) is 9.47. The number of nitrogens with one attached hydrogen (secondary N) is 3. The molecule has 110 valence electrons. The highest BCUT2D eigenvalue weighted by Gasteiger charge is 2.03. The van der Waals surface area contributed by atoms with Gasteiger partial charge in [0.15, 0.2) is 5.11 Å². The second-order valence-electron chi connectivity index (χ2n) is 4.72. The van der Waals surface area contributed by atoms with E-state index in [1.807, 2.05) is 45.0 Å². The lowest BCUT2D eigenvalue weighted by molar-refractivity contribution is -0.122. The normalized spacial score (nSPS) is 10.0. The number of hydrogen-bond donors (Lipinski definition) is 3. The summed E-state index contributed by atoms with van der Waals surface area (Å²) in [7, 11) is 0. The predicted octanol–water partition coefficient (Wildman–Crippen LogP) is 1.67. The van der Waals surface area contributed by atoms with Crippen molar-refractivity contribution in [1.82, 2.24) is 16.2 Å². The van der Waals surface area contributed by atoms with Gasteiger partial charge >= 0.3 is 0 Å². The summed E-state index contributed by atoms with van der Waals surface area (Å²) >= 11 is 4.98. The van der Waals surface area contributed by atoms with Gasteiger partial charge in [-0.25, -0.2) is 0 Å². The van der Waals surface area contributed by atoms with E-state index in [0.29, 0.717) is 11.7 Å². The van der Waals surface area contributed by atoms with Crippen LogP contribution in [0.3, 0.4) is 0 Å². The molecule has 0 radical (unpaired) electrons. The number of aryl methyl sites for hydroxylation is 1. The van der Waals surface area contributed by atoms with Gasteiger partial charge in [0.05, 0.1) is 13.0 Å². The molecule has 5 nitrogen and oxygen atoms in total. The van der Waals surface area contributed by atoms with Crippen molar-refractivity contribution in [3.05, 3.63) is 29.8 Å². The van der Waals surface area contributed by atoms with Gasteiger partial charge in [0.2, 0.25) is 5.91 Å². The Morgan fingerprint density at radius 2 is 2.10 bits per heavy atom. The van der Waals surface area contributed by atoms with E-state index in [1.54, 1.807) is 0 Å². The molecule has 3 N–H and O–H groups in total. The van der Waals surface area contributed by atoms with Gasteiger partial charge in [-0.3, -0.25) is 15.6 Å². The maximum absolute atomic E-state index is 11.5. The van der Waals surface area contributed by atoms with E-state index in [1.165, 1.54) is 0 Å². The highest BCUT2D eigenvalue weighted by molar-refractivity contribution is 7.80. The van der Waals surface area contributed by atoms with Crippen LogP contribution in [0, 0.1) is 6.92 Å². The summed E-state index contributed by atoms with van der Waals surface area (Å²) in [5.74, 6) is 0.591. The molecule has 0 fully saturated rings. The van der Waals surface area contributed by atoms with Crippen LogP contribution in [0.5, 0.6) is 5.75 Å². The number of hydrazine groups is 1. The van der Waals surface area contributed by atoms with Gasteiger partial charge in [-0.1, -0.05) is 12.1 Å². The van der Waals surface area contributed by atoms with E-state index in [0.717, 1.165) is 11.3 Å². The molecule has 0 bridgehead atoms. The molecule has 0 aliphatic carbocycles. The monoisotopic (exact) mass is 295 g/mol. The molecule has 1 rings (SSSR count). The zero-order valence-corrected chi connectivity index (χ0v) is 12.8. The standard InChI is InChI=1S/C14H21N3O2S/c1-10(2)15-14(20)17-16-13(18)7-8-19-12-6-4-5-11(3)9-12/h4-6,9-10H,7-8H2,1-3H3,(H,16,18)(H2,15,17,20). The topological polar surface area (TPSA) is 62.4 Å². The average Bonchev–Trinajstić information content (AvgIpc) is 2.36. The molecule has 0 unspecified atom stereocenters. The second-order valence-corrected chi connectivity index (χ2v) is 5.12. The Hall–Kier alpha value is -1.82. The SMILES string of the molecule is Cc1cccc(OCCC(=O)NNC(=S)NC(C)C)c1. The molecule has 0 heterocycles. The van der Waals surface area contributed by atoms with Crippen molar-refractivity contribution < 1.29 is 9.53 Å². The summed E-state index contributed by atoms with van der Waals surface area (Å²) in [6, 6.07) is 7.92. The quantitative estimate of drug-likeness (QED) is 0.570. The smallest absolute Gasteiger partial charge is 0.241 e. The van der Waals surface area contributed by atoms with Crippen LogP contribution in [0.4, 0.5) is 0 Å². The van der Waals surface area contributed by atoms with Crippen molar-refractivity contribution >= 4 is 23.2 Å². The van der Waals surface area contributed by atoms with Crippen molar-refractivity contribution in [2.75, 3.05) is 6.61 Å². The van der Waals surface area contributed by atoms with E-state index in [9.17, 15) is 4.79 Å². The molecule has 6 heteroatoms. The number of hydrogen-bond acceptors (Lipinski definition) is 3. The van der Waals surface area contributed by atoms with E-state index >= 15 is 0 Å². The number of ether oxygens (including phenoxy) is 1. The van der Waals surface area contributed by atoms with E-state index in [4.69, 9.17) is 17.0 Å². The Morgan fingerprint density at radius 1 is 1.35 bits per heavy atom. The van der Waals surface area contributed by atoms with Crippen molar-refractivity contribution in [3.63, 3.8) is 0 Å². The number of thiocarbonyl (C=S) groups is 1. The lowest BCUT2D eigenvalue weighted by Gasteiger charge is -2.13.